The van der Waals surface area contributed by atoms with Gasteiger partial charge in [-0.15, -0.1) is 0 Å². The average Bonchev–Trinajstić information content (AvgIpc) is 2.60. The molecule has 0 radical (unpaired) electrons. The third-order valence-electron chi connectivity index (χ3n) is 4.47. The first-order valence-electron chi connectivity index (χ1n) is 9.00. The lowest BCUT2D eigenvalue weighted by Gasteiger charge is -2.29. The van der Waals surface area contributed by atoms with Crippen LogP contribution in [0.1, 0.15) is 50.9 Å². The number of nitrogens with one attached hydrogen (secondary N) is 1. The summed E-state index contributed by atoms with van der Waals surface area (Å²) in [5.41, 5.74) is -1.28. The predicted molar refractivity (Wildman–Crippen MR) is 106 cm³/mol. The van der Waals surface area contributed by atoms with Crippen molar-refractivity contribution in [2.45, 2.75) is 51.7 Å². The van der Waals surface area contributed by atoms with Gasteiger partial charge in [0.2, 0.25) is 0 Å². The Balaban J connectivity index is 2.63. The molecule has 0 aliphatic rings. The minimum Gasteiger partial charge on any atom is -0.423 e. The van der Waals surface area contributed by atoms with Crippen molar-refractivity contribution >= 4 is 24.2 Å². The quantitative estimate of drug-likeness (QED) is 0.289. The summed E-state index contributed by atoms with van der Waals surface area (Å²) in [7, 11) is -0.259. The Morgan fingerprint density at radius 1 is 1.18 bits per heavy atom. The van der Waals surface area contributed by atoms with Gasteiger partial charge in [-0.2, -0.15) is 0 Å². The summed E-state index contributed by atoms with van der Waals surface area (Å²) in [5, 5.41) is 32.2. The van der Waals surface area contributed by atoms with Crippen molar-refractivity contribution in [1.29, 1.82) is 0 Å². The zero-order valence-corrected chi connectivity index (χ0v) is 17.0. The van der Waals surface area contributed by atoms with Crippen LogP contribution in [0.25, 0.3) is 0 Å². The Morgan fingerprint density at radius 3 is 2.36 bits per heavy atom. The number of ether oxygens (including phenoxy) is 2. The zero-order chi connectivity index (χ0) is 21.5. The number of rotatable bonds is 11. The van der Waals surface area contributed by atoms with Crippen LogP contribution >= 0.6 is 0 Å². The number of benzene rings is 1. The second-order valence-corrected chi connectivity index (χ2v) is 7.77. The van der Waals surface area contributed by atoms with Crippen LogP contribution in [0.3, 0.4) is 0 Å². The lowest BCUT2D eigenvalue weighted by Crippen LogP contribution is -2.35. The molecule has 0 saturated carbocycles. The molecular weight excluding hydrogens is 367 g/mol. The highest BCUT2D eigenvalue weighted by Crippen LogP contribution is 2.19. The van der Waals surface area contributed by atoms with Gasteiger partial charge in [0.05, 0.1) is 22.7 Å². The van der Waals surface area contributed by atoms with Crippen molar-refractivity contribution in [3.05, 3.63) is 33.9 Å². The van der Waals surface area contributed by atoms with Crippen molar-refractivity contribution in [1.82, 2.24) is 5.32 Å². The molecule has 1 amide bonds. The van der Waals surface area contributed by atoms with Crippen LogP contribution in [0.4, 0.5) is 5.69 Å². The Kier molecular flexibility index (Phi) is 8.56. The summed E-state index contributed by atoms with van der Waals surface area (Å²) < 4.78 is 11.2. The van der Waals surface area contributed by atoms with Gasteiger partial charge < -0.3 is 24.8 Å². The Labute approximate surface area is 165 Å². The van der Waals surface area contributed by atoms with Crippen LogP contribution in [0.15, 0.2) is 18.2 Å². The molecule has 0 heterocycles. The number of amides is 1. The van der Waals surface area contributed by atoms with Crippen molar-refractivity contribution in [3.8, 4) is 0 Å². The van der Waals surface area contributed by atoms with E-state index in [0.717, 1.165) is 18.6 Å². The Morgan fingerprint density at radius 2 is 1.82 bits per heavy atom. The standard InChI is InChI=1S/C18H29BN2O7/c1-17(2,27-5)7-9-28-18(3,4)6-8-20-16(22)13-10-14(19(23)24)12-15(11-13)21(25)26/h10-12,23-24H,6-9H2,1-5H3,(H,20,22). The van der Waals surface area contributed by atoms with Gasteiger partial charge in [-0.05, 0) is 52.1 Å². The number of carbonyl (C=O) groups is 1. The fourth-order valence-corrected chi connectivity index (χ4v) is 2.35. The Bertz CT molecular complexity index is 693. The van der Waals surface area contributed by atoms with Crippen LogP contribution in [-0.2, 0) is 9.47 Å². The smallest absolute Gasteiger partial charge is 0.423 e. The summed E-state index contributed by atoms with van der Waals surface area (Å²) >= 11 is 0. The third-order valence-corrected chi connectivity index (χ3v) is 4.47. The SMILES string of the molecule is COC(C)(C)CCOC(C)(C)CCNC(=O)c1cc(B(O)O)cc([N+](=O)[O-])c1. The van der Waals surface area contributed by atoms with E-state index in [9.17, 15) is 25.0 Å². The summed E-state index contributed by atoms with van der Waals surface area (Å²) in [6.07, 6.45) is 1.25. The van der Waals surface area contributed by atoms with Gasteiger partial charge >= 0.3 is 7.12 Å². The number of methoxy groups -OCH3 is 1. The second kappa shape index (κ2) is 9.97. The second-order valence-electron chi connectivity index (χ2n) is 7.77. The Hall–Kier alpha value is -2.01. The van der Waals surface area contributed by atoms with Crippen molar-refractivity contribution in [2.24, 2.45) is 0 Å². The number of nitro benzene ring substituents is 1. The average molecular weight is 396 g/mol. The van der Waals surface area contributed by atoms with Gasteiger partial charge in [-0.3, -0.25) is 14.9 Å². The van der Waals surface area contributed by atoms with Crippen molar-refractivity contribution in [2.75, 3.05) is 20.3 Å². The summed E-state index contributed by atoms with van der Waals surface area (Å²) in [5.74, 6) is -0.540. The summed E-state index contributed by atoms with van der Waals surface area (Å²) in [4.78, 5) is 22.6. The van der Waals surface area contributed by atoms with Gasteiger partial charge in [-0.1, -0.05) is 0 Å². The molecule has 9 nitrogen and oxygen atoms in total. The van der Waals surface area contributed by atoms with Crippen LogP contribution in [0.2, 0.25) is 0 Å². The zero-order valence-electron chi connectivity index (χ0n) is 17.0. The van der Waals surface area contributed by atoms with Gasteiger partial charge in [0.25, 0.3) is 11.6 Å². The fraction of sp³-hybridized carbons (Fsp3) is 0.611. The van der Waals surface area contributed by atoms with Gasteiger partial charge in [0.1, 0.15) is 0 Å². The molecule has 0 aliphatic carbocycles. The molecule has 0 unspecified atom stereocenters. The largest absolute Gasteiger partial charge is 0.488 e. The van der Waals surface area contributed by atoms with Crippen molar-refractivity contribution in [3.63, 3.8) is 0 Å². The highest BCUT2D eigenvalue weighted by Gasteiger charge is 2.23. The number of carbonyl (C=O) groups excluding carboxylic acids is 1. The molecular formula is C18H29BN2O7. The van der Waals surface area contributed by atoms with E-state index in [1.54, 1.807) is 7.11 Å². The maximum atomic E-state index is 12.3. The molecule has 0 aromatic heterocycles. The number of hydrogen-bond donors (Lipinski definition) is 3. The maximum Gasteiger partial charge on any atom is 0.488 e. The minimum atomic E-state index is -1.91. The van der Waals surface area contributed by atoms with E-state index in [1.165, 1.54) is 6.07 Å². The van der Waals surface area contributed by atoms with Gasteiger partial charge in [-0.25, -0.2) is 0 Å². The third kappa shape index (κ3) is 7.93. The first kappa shape index (κ1) is 24.0. The molecule has 0 saturated heterocycles. The van der Waals surface area contributed by atoms with Crippen molar-refractivity contribution < 1.29 is 29.2 Å². The van der Waals surface area contributed by atoms with Crippen LogP contribution < -0.4 is 10.8 Å². The molecule has 0 bridgehead atoms. The molecule has 0 atom stereocenters. The monoisotopic (exact) mass is 396 g/mol. The topological polar surface area (TPSA) is 131 Å². The van der Waals surface area contributed by atoms with E-state index < -0.39 is 23.5 Å². The molecule has 1 rings (SSSR count). The number of hydrogen-bond acceptors (Lipinski definition) is 7. The molecule has 10 heteroatoms. The van der Waals surface area contributed by atoms with E-state index >= 15 is 0 Å². The highest BCUT2D eigenvalue weighted by atomic mass is 16.6. The molecule has 28 heavy (non-hydrogen) atoms. The maximum absolute atomic E-state index is 12.3. The number of nitrogens with zero attached hydrogens (tertiary/aromatic N) is 1. The normalized spacial score (nSPS) is 12.0. The summed E-state index contributed by atoms with van der Waals surface area (Å²) in [6.45, 7) is 8.56. The molecule has 0 fully saturated rings. The van der Waals surface area contributed by atoms with Crippen LogP contribution in [0.5, 0.6) is 0 Å². The first-order chi connectivity index (χ1) is 12.9. The van der Waals surface area contributed by atoms with E-state index in [2.05, 4.69) is 5.32 Å². The van der Waals surface area contributed by atoms with E-state index in [1.807, 2.05) is 27.7 Å². The van der Waals surface area contributed by atoms with Crippen LogP contribution in [0, 0.1) is 10.1 Å². The number of nitro groups is 1. The van der Waals surface area contributed by atoms with E-state index in [0.29, 0.717) is 19.6 Å². The minimum absolute atomic E-state index is 0.0159. The van der Waals surface area contributed by atoms with Crippen LogP contribution in [-0.4, -0.2) is 59.5 Å². The lowest BCUT2D eigenvalue weighted by atomic mass is 9.79. The molecule has 0 aliphatic heterocycles. The molecule has 3 N–H and O–H groups in total. The fourth-order valence-electron chi connectivity index (χ4n) is 2.35. The van der Waals surface area contributed by atoms with E-state index in [-0.39, 0.29) is 22.3 Å². The lowest BCUT2D eigenvalue weighted by molar-refractivity contribution is -0.384. The number of non-ortho nitro benzene ring substituents is 1. The predicted octanol–water partition coefficient (Wildman–Crippen LogP) is 1.00. The molecule has 156 valence electrons. The van der Waals surface area contributed by atoms with Gasteiger partial charge in [0, 0.05) is 31.4 Å². The molecule has 1 aromatic rings. The first-order valence-corrected chi connectivity index (χ1v) is 9.00. The highest BCUT2D eigenvalue weighted by molar-refractivity contribution is 6.58. The molecule has 0 spiro atoms. The van der Waals surface area contributed by atoms with E-state index in [4.69, 9.17) is 9.47 Å². The summed E-state index contributed by atoms with van der Waals surface area (Å²) in [6, 6.07) is 3.32. The van der Waals surface area contributed by atoms with Gasteiger partial charge in [0.15, 0.2) is 0 Å². The molecule has 1 aromatic carbocycles.